The molecule has 0 bridgehead atoms. The van der Waals surface area contributed by atoms with Crippen molar-refractivity contribution in [2.75, 3.05) is 31.1 Å². The summed E-state index contributed by atoms with van der Waals surface area (Å²) in [4.78, 5) is 16.5. The molecule has 0 aromatic heterocycles. The Balaban J connectivity index is 1.65. The lowest BCUT2D eigenvalue weighted by Gasteiger charge is -2.36. The van der Waals surface area contributed by atoms with E-state index in [4.69, 9.17) is 0 Å². The summed E-state index contributed by atoms with van der Waals surface area (Å²) in [6, 6.07) is 12.3. The van der Waals surface area contributed by atoms with Crippen LogP contribution in [0.5, 0.6) is 0 Å². The molecule has 1 N–H and O–H groups in total. The van der Waals surface area contributed by atoms with Crippen LogP contribution in [-0.2, 0) is 10.0 Å². The van der Waals surface area contributed by atoms with Crippen molar-refractivity contribution >= 4 is 21.6 Å². The van der Waals surface area contributed by atoms with Crippen molar-refractivity contribution < 1.29 is 17.6 Å². The molecular weight excluding hydrogens is 381 g/mol. The van der Waals surface area contributed by atoms with Gasteiger partial charge in [-0.25, -0.2) is 17.5 Å². The van der Waals surface area contributed by atoms with Crippen molar-refractivity contribution in [2.45, 2.75) is 24.8 Å². The third-order valence-corrected chi connectivity index (χ3v) is 6.24. The fraction of sp³-hybridized carbons (Fsp3) is 0.350. The molecule has 1 aliphatic heterocycles. The zero-order valence-electron chi connectivity index (χ0n) is 15.9. The quantitative estimate of drug-likeness (QED) is 0.830. The zero-order chi connectivity index (χ0) is 20.3. The zero-order valence-corrected chi connectivity index (χ0v) is 16.7. The molecule has 1 saturated heterocycles. The van der Waals surface area contributed by atoms with Crippen molar-refractivity contribution in [2.24, 2.45) is 0 Å². The van der Waals surface area contributed by atoms with E-state index in [0.717, 1.165) is 0 Å². The molecule has 6 nitrogen and oxygen atoms in total. The molecule has 150 valence electrons. The summed E-state index contributed by atoms with van der Waals surface area (Å²) in [5, 5.41) is 0. The van der Waals surface area contributed by atoms with Crippen molar-refractivity contribution in [1.82, 2.24) is 9.62 Å². The summed E-state index contributed by atoms with van der Waals surface area (Å²) in [6.45, 7) is 5.52. The van der Waals surface area contributed by atoms with E-state index in [1.165, 1.54) is 30.3 Å². The number of piperazine rings is 1. The van der Waals surface area contributed by atoms with Crippen molar-refractivity contribution in [1.29, 1.82) is 0 Å². The van der Waals surface area contributed by atoms with Crippen molar-refractivity contribution in [3.05, 3.63) is 59.9 Å². The molecule has 8 heteroatoms. The second-order valence-corrected chi connectivity index (χ2v) is 8.75. The minimum atomic E-state index is -3.59. The average Bonchev–Trinajstić information content (AvgIpc) is 2.67. The number of amides is 1. The second-order valence-electron chi connectivity index (χ2n) is 7.03. The van der Waals surface area contributed by atoms with Gasteiger partial charge in [0, 0.05) is 37.8 Å². The summed E-state index contributed by atoms with van der Waals surface area (Å²) in [5.41, 5.74) is 0.977. The van der Waals surface area contributed by atoms with Crippen LogP contribution in [0.1, 0.15) is 24.2 Å². The largest absolute Gasteiger partial charge is 0.366 e. The van der Waals surface area contributed by atoms with E-state index in [-0.39, 0.29) is 22.7 Å². The highest BCUT2D eigenvalue weighted by Gasteiger charge is 2.24. The van der Waals surface area contributed by atoms with Gasteiger partial charge >= 0.3 is 0 Å². The average molecular weight is 405 g/mol. The Bertz CT molecular complexity index is 937. The minimum Gasteiger partial charge on any atom is -0.366 e. The first kappa shape index (κ1) is 20.3. The Morgan fingerprint density at radius 1 is 1.00 bits per heavy atom. The molecule has 0 unspecified atom stereocenters. The van der Waals surface area contributed by atoms with Crippen LogP contribution in [0, 0.1) is 5.82 Å². The molecule has 1 amide bonds. The molecule has 2 aromatic rings. The second kappa shape index (κ2) is 8.28. The Morgan fingerprint density at radius 2 is 1.61 bits per heavy atom. The van der Waals surface area contributed by atoms with Crippen molar-refractivity contribution in [3.63, 3.8) is 0 Å². The fourth-order valence-corrected chi connectivity index (χ4v) is 4.45. The summed E-state index contributed by atoms with van der Waals surface area (Å²) in [6.07, 6.45) is 0. The van der Waals surface area contributed by atoms with Crippen LogP contribution >= 0.6 is 0 Å². The summed E-state index contributed by atoms with van der Waals surface area (Å²) < 4.78 is 40.8. The molecule has 28 heavy (non-hydrogen) atoms. The van der Waals surface area contributed by atoms with Crippen LogP contribution in [0.25, 0.3) is 0 Å². The fourth-order valence-electron chi connectivity index (χ4n) is 3.20. The number of carbonyl (C=O) groups excluding carboxylic acids is 1. The van der Waals surface area contributed by atoms with E-state index in [0.29, 0.717) is 37.4 Å². The van der Waals surface area contributed by atoms with E-state index >= 15 is 0 Å². The molecule has 0 radical (unpaired) electrons. The highest BCUT2D eigenvalue weighted by Crippen LogP contribution is 2.21. The summed E-state index contributed by atoms with van der Waals surface area (Å²) in [7, 11) is -3.59. The van der Waals surface area contributed by atoms with Gasteiger partial charge < -0.3 is 9.80 Å². The molecule has 1 heterocycles. The summed E-state index contributed by atoms with van der Waals surface area (Å²) in [5.74, 6) is -0.428. The van der Waals surface area contributed by atoms with Gasteiger partial charge in [0.25, 0.3) is 5.91 Å². The van der Waals surface area contributed by atoms with E-state index < -0.39 is 10.0 Å². The molecule has 0 aliphatic carbocycles. The number of para-hydroxylation sites is 1. The monoisotopic (exact) mass is 405 g/mol. The highest BCUT2D eigenvalue weighted by atomic mass is 32.2. The number of nitrogens with one attached hydrogen (secondary N) is 1. The highest BCUT2D eigenvalue weighted by molar-refractivity contribution is 7.89. The van der Waals surface area contributed by atoms with Crippen LogP contribution in [0.2, 0.25) is 0 Å². The summed E-state index contributed by atoms with van der Waals surface area (Å²) >= 11 is 0. The van der Waals surface area contributed by atoms with Gasteiger partial charge in [0.05, 0.1) is 10.6 Å². The van der Waals surface area contributed by atoms with Crippen LogP contribution in [-0.4, -0.2) is 51.4 Å². The third kappa shape index (κ3) is 4.51. The number of nitrogens with zero attached hydrogens (tertiary/aromatic N) is 2. The Kier molecular flexibility index (Phi) is 6.00. The van der Waals surface area contributed by atoms with Crippen LogP contribution in [0.15, 0.2) is 53.4 Å². The molecule has 0 atom stereocenters. The normalized spacial score (nSPS) is 15.1. The van der Waals surface area contributed by atoms with Gasteiger partial charge in [0.1, 0.15) is 5.82 Å². The Labute approximate surface area is 165 Å². The predicted octanol–water partition coefficient (Wildman–Crippen LogP) is 2.47. The molecule has 1 fully saturated rings. The van der Waals surface area contributed by atoms with E-state index in [1.807, 2.05) is 4.90 Å². The minimum absolute atomic E-state index is 0.127. The lowest BCUT2D eigenvalue weighted by molar-refractivity contribution is 0.0746. The van der Waals surface area contributed by atoms with Crippen LogP contribution in [0.3, 0.4) is 0 Å². The number of hydrogen-bond donors (Lipinski definition) is 1. The Morgan fingerprint density at radius 3 is 2.18 bits per heavy atom. The molecule has 3 rings (SSSR count). The molecule has 0 saturated carbocycles. The SMILES string of the molecule is CC(C)NS(=O)(=O)c1ccc(C(=O)N2CCN(c3ccccc3F)CC2)cc1. The van der Waals surface area contributed by atoms with E-state index in [1.54, 1.807) is 36.9 Å². The van der Waals surface area contributed by atoms with Gasteiger partial charge in [-0.15, -0.1) is 0 Å². The predicted molar refractivity (Wildman–Crippen MR) is 106 cm³/mol. The van der Waals surface area contributed by atoms with Crippen LogP contribution < -0.4 is 9.62 Å². The Hall–Kier alpha value is -2.45. The number of anilines is 1. The lowest BCUT2D eigenvalue weighted by Crippen LogP contribution is -2.49. The van der Waals surface area contributed by atoms with Gasteiger partial charge in [-0.05, 0) is 50.2 Å². The first-order chi connectivity index (χ1) is 13.3. The molecule has 0 spiro atoms. The smallest absolute Gasteiger partial charge is 0.253 e. The number of rotatable bonds is 5. The molecule has 1 aliphatic rings. The van der Waals surface area contributed by atoms with Gasteiger partial charge in [-0.1, -0.05) is 12.1 Å². The number of carbonyl (C=O) groups is 1. The molecular formula is C20H24FN3O3S. The van der Waals surface area contributed by atoms with E-state index in [9.17, 15) is 17.6 Å². The maximum atomic E-state index is 13.9. The number of halogens is 1. The third-order valence-electron chi connectivity index (χ3n) is 4.56. The number of hydrogen-bond acceptors (Lipinski definition) is 4. The number of benzene rings is 2. The standard InChI is InChI=1S/C20H24FN3O3S/c1-15(2)22-28(26,27)17-9-7-16(8-10-17)20(25)24-13-11-23(12-14-24)19-6-4-3-5-18(19)21/h3-10,15,22H,11-14H2,1-2H3. The maximum Gasteiger partial charge on any atom is 0.253 e. The van der Waals surface area contributed by atoms with Crippen molar-refractivity contribution in [3.8, 4) is 0 Å². The van der Waals surface area contributed by atoms with Gasteiger partial charge in [-0.2, -0.15) is 0 Å². The number of sulfonamides is 1. The van der Waals surface area contributed by atoms with Gasteiger partial charge in [0.2, 0.25) is 10.0 Å². The van der Waals surface area contributed by atoms with Gasteiger partial charge in [-0.3, -0.25) is 4.79 Å². The topological polar surface area (TPSA) is 69.7 Å². The molecule has 2 aromatic carbocycles. The first-order valence-corrected chi connectivity index (χ1v) is 10.7. The first-order valence-electron chi connectivity index (χ1n) is 9.19. The van der Waals surface area contributed by atoms with Crippen LogP contribution in [0.4, 0.5) is 10.1 Å². The van der Waals surface area contributed by atoms with Gasteiger partial charge in [0.15, 0.2) is 0 Å². The maximum absolute atomic E-state index is 13.9. The van der Waals surface area contributed by atoms with E-state index in [2.05, 4.69) is 4.72 Å². The lowest BCUT2D eigenvalue weighted by atomic mass is 10.1.